The van der Waals surface area contributed by atoms with Gasteiger partial charge >= 0.3 is 0 Å². The summed E-state index contributed by atoms with van der Waals surface area (Å²) in [4.78, 5) is 0. The molecule has 0 saturated heterocycles. The SMILES string of the molecule is CCC(C)CC/C=C/O. The van der Waals surface area contributed by atoms with Crippen LogP contribution >= 0.6 is 0 Å². The van der Waals surface area contributed by atoms with Crippen LogP contribution in [0.2, 0.25) is 0 Å². The summed E-state index contributed by atoms with van der Waals surface area (Å²) in [6, 6.07) is 0. The van der Waals surface area contributed by atoms with Crippen LogP contribution in [-0.4, -0.2) is 5.11 Å². The Morgan fingerprint density at radius 1 is 1.56 bits per heavy atom. The standard InChI is InChI=1S/C8H16O/c1-3-8(2)6-4-5-7-9/h5,7-9H,3-4,6H2,1-2H3/b7-5+. The fraction of sp³-hybridized carbons (Fsp3) is 0.750. The zero-order valence-corrected chi connectivity index (χ0v) is 6.30. The third-order valence-electron chi connectivity index (χ3n) is 1.63. The first-order valence-electron chi connectivity index (χ1n) is 3.60. The molecule has 0 radical (unpaired) electrons. The smallest absolute Gasteiger partial charge is 0.0751 e. The highest BCUT2D eigenvalue weighted by Crippen LogP contribution is 2.08. The Morgan fingerprint density at radius 3 is 2.67 bits per heavy atom. The predicted octanol–water partition coefficient (Wildman–Crippen LogP) is 2.88. The summed E-state index contributed by atoms with van der Waals surface area (Å²) < 4.78 is 0. The van der Waals surface area contributed by atoms with Gasteiger partial charge in [-0.3, -0.25) is 0 Å². The Kier molecular flexibility index (Phi) is 5.38. The fourth-order valence-electron chi connectivity index (χ4n) is 0.659. The second kappa shape index (κ2) is 5.67. The van der Waals surface area contributed by atoms with Crippen molar-refractivity contribution < 1.29 is 5.11 Å². The van der Waals surface area contributed by atoms with E-state index in [2.05, 4.69) is 13.8 Å². The highest BCUT2D eigenvalue weighted by Gasteiger charge is 1.94. The zero-order valence-electron chi connectivity index (χ0n) is 6.30. The van der Waals surface area contributed by atoms with Crippen LogP contribution in [0.1, 0.15) is 33.1 Å². The summed E-state index contributed by atoms with van der Waals surface area (Å²) in [6.45, 7) is 4.42. The first-order chi connectivity index (χ1) is 4.31. The molecule has 0 aromatic rings. The Balaban J connectivity index is 3.06. The van der Waals surface area contributed by atoms with Crippen molar-refractivity contribution in [2.24, 2.45) is 5.92 Å². The maximum Gasteiger partial charge on any atom is 0.0751 e. The third-order valence-corrected chi connectivity index (χ3v) is 1.63. The van der Waals surface area contributed by atoms with Gasteiger partial charge in [-0.15, -0.1) is 0 Å². The predicted molar refractivity (Wildman–Crippen MR) is 40.5 cm³/mol. The highest BCUT2D eigenvalue weighted by atomic mass is 16.2. The van der Waals surface area contributed by atoms with E-state index in [1.807, 2.05) is 0 Å². The molecular weight excluding hydrogens is 112 g/mol. The molecule has 0 aliphatic rings. The first-order valence-corrected chi connectivity index (χ1v) is 3.60. The molecule has 0 spiro atoms. The van der Waals surface area contributed by atoms with Crippen molar-refractivity contribution >= 4 is 0 Å². The molecule has 0 heterocycles. The van der Waals surface area contributed by atoms with Crippen molar-refractivity contribution in [3.05, 3.63) is 12.3 Å². The van der Waals surface area contributed by atoms with E-state index in [0.717, 1.165) is 18.6 Å². The van der Waals surface area contributed by atoms with Crippen molar-refractivity contribution in [3.63, 3.8) is 0 Å². The van der Waals surface area contributed by atoms with E-state index >= 15 is 0 Å². The van der Waals surface area contributed by atoms with Crippen LogP contribution in [0.25, 0.3) is 0 Å². The lowest BCUT2D eigenvalue weighted by atomic mass is 10.0. The van der Waals surface area contributed by atoms with Crippen molar-refractivity contribution in [2.45, 2.75) is 33.1 Å². The van der Waals surface area contributed by atoms with Crippen molar-refractivity contribution in [2.75, 3.05) is 0 Å². The second-order valence-electron chi connectivity index (χ2n) is 2.48. The maximum absolute atomic E-state index is 8.27. The minimum atomic E-state index is 0.793. The largest absolute Gasteiger partial charge is 0.516 e. The van der Waals surface area contributed by atoms with Gasteiger partial charge in [0.15, 0.2) is 0 Å². The number of hydrogen-bond donors (Lipinski definition) is 1. The Labute approximate surface area is 57.4 Å². The highest BCUT2D eigenvalue weighted by molar-refractivity contribution is 4.71. The number of aliphatic hydroxyl groups is 1. The number of aliphatic hydroxyl groups excluding tert-OH is 1. The molecule has 1 unspecified atom stereocenters. The summed E-state index contributed by atoms with van der Waals surface area (Å²) >= 11 is 0. The summed E-state index contributed by atoms with van der Waals surface area (Å²) in [5.41, 5.74) is 0. The Morgan fingerprint density at radius 2 is 2.22 bits per heavy atom. The molecule has 0 rings (SSSR count). The summed E-state index contributed by atoms with van der Waals surface area (Å²) in [5.74, 6) is 0.793. The van der Waals surface area contributed by atoms with Gasteiger partial charge < -0.3 is 5.11 Å². The van der Waals surface area contributed by atoms with Gasteiger partial charge in [-0.2, -0.15) is 0 Å². The molecule has 1 atom stereocenters. The molecule has 0 fully saturated rings. The maximum atomic E-state index is 8.27. The van der Waals surface area contributed by atoms with E-state index < -0.39 is 0 Å². The molecule has 0 aliphatic carbocycles. The van der Waals surface area contributed by atoms with Gasteiger partial charge in [-0.05, 0) is 18.8 Å². The average Bonchev–Trinajstić information content (AvgIpc) is 1.89. The molecule has 0 aromatic carbocycles. The summed E-state index contributed by atoms with van der Waals surface area (Å²) in [6.07, 6.45) is 6.35. The molecule has 54 valence electrons. The fourth-order valence-corrected chi connectivity index (χ4v) is 0.659. The monoisotopic (exact) mass is 128 g/mol. The molecular formula is C8H16O. The van der Waals surface area contributed by atoms with Crippen LogP contribution in [-0.2, 0) is 0 Å². The average molecular weight is 128 g/mol. The van der Waals surface area contributed by atoms with Crippen LogP contribution in [0.3, 0.4) is 0 Å². The summed E-state index contributed by atoms with van der Waals surface area (Å²) in [5, 5.41) is 8.27. The van der Waals surface area contributed by atoms with Gasteiger partial charge in [0.05, 0.1) is 6.26 Å². The van der Waals surface area contributed by atoms with Crippen molar-refractivity contribution in [1.29, 1.82) is 0 Å². The molecule has 9 heavy (non-hydrogen) atoms. The molecule has 0 amide bonds. The van der Waals surface area contributed by atoms with Gasteiger partial charge in [0, 0.05) is 0 Å². The van der Waals surface area contributed by atoms with Crippen LogP contribution in [0.15, 0.2) is 12.3 Å². The van der Waals surface area contributed by atoms with E-state index in [4.69, 9.17) is 5.11 Å². The number of allylic oxidation sites excluding steroid dienone is 1. The molecule has 0 aromatic heterocycles. The topological polar surface area (TPSA) is 20.2 Å². The Bertz CT molecular complexity index is 76.6. The van der Waals surface area contributed by atoms with Crippen LogP contribution in [0, 0.1) is 5.92 Å². The number of rotatable bonds is 4. The zero-order chi connectivity index (χ0) is 7.11. The summed E-state index contributed by atoms with van der Waals surface area (Å²) in [7, 11) is 0. The van der Waals surface area contributed by atoms with E-state index in [1.165, 1.54) is 12.8 Å². The lowest BCUT2D eigenvalue weighted by molar-refractivity contribution is 0.465. The molecule has 1 heteroatoms. The number of hydrogen-bond acceptors (Lipinski definition) is 1. The second-order valence-corrected chi connectivity index (χ2v) is 2.48. The van der Waals surface area contributed by atoms with Gasteiger partial charge in [0.1, 0.15) is 0 Å². The van der Waals surface area contributed by atoms with Crippen LogP contribution in [0.4, 0.5) is 0 Å². The molecule has 0 saturated carbocycles. The van der Waals surface area contributed by atoms with Gasteiger partial charge in [-0.1, -0.05) is 26.3 Å². The molecule has 0 bridgehead atoms. The van der Waals surface area contributed by atoms with Gasteiger partial charge in [0.25, 0.3) is 0 Å². The van der Waals surface area contributed by atoms with Crippen LogP contribution < -0.4 is 0 Å². The van der Waals surface area contributed by atoms with E-state index in [-0.39, 0.29) is 0 Å². The lowest BCUT2D eigenvalue weighted by Crippen LogP contribution is -1.89. The van der Waals surface area contributed by atoms with Gasteiger partial charge in [0.2, 0.25) is 0 Å². The quantitative estimate of drug-likeness (QED) is 0.577. The van der Waals surface area contributed by atoms with E-state index in [9.17, 15) is 0 Å². The lowest BCUT2D eigenvalue weighted by Gasteiger charge is -2.03. The molecule has 1 N–H and O–H groups in total. The Hall–Kier alpha value is -0.460. The molecule has 0 aliphatic heterocycles. The normalized spacial score (nSPS) is 14.4. The first kappa shape index (κ1) is 8.54. The van der Waals surface area contributed by atoms with Gasteiger partial charge in [-0.25, -0.2) is 0 Å². The minimum absolute atomic E-state index is 0.793. The third kappa shape index (κ3) is 5.41. The molecule has 1 nitrogen and oxygen atoms in total. The van der Waals surface area contributed by atoms with Crippen molar-refractivity contribution in [3.8, 4) is 0 Å². The van der Waals surface area contributed by atoms with E-state index in [0.29, 0.717) is 0 Å². The minimum Gasteiger partial charge on any atom is -0.516 e. The van der Waals surface area contributed by atoms with Crippen LogP contribution in [0.5, 0.6) is 0 Å². The van der Waals surface area contributed by atoms with Crippen molar-refractivity contribution in [1.82, 2.24) is 0 Å². The van der Waals surface area contributed by atoms with E-state index in [1.54, 1.807) is 6.08 Å².